The van der Waals surface area contributed by atoms with E-state index in [0.717, 1.165) is 75.3 Å². The highest BCUT2D eigenvalue weighted by Gasteiger charge is 2.40. The summed E-state index contributed by atoms with van der Waals surface area (Å²) in [5.74, 6) is -6.38. The van der Waals surface area contributed by atoms with Gasteiger partial charge in [0.05, 0.1) is 24.9 Å². The number of anilines is 1. The van der Waals surface area contributed by atoms with Crippen LogP contribution in [0.15, 0.2) is 48.7 Å². The third kappa shape index (κ3) is 13.6. The first-order chi connectivity index (χ1) is 25.1. The summed E-state index contributed by atoms with van der Waals surface area (Å²) >= 11 is 0. The van der Waals surface area contributed by atoms with Crippen LogP contribution in [0, 0.1) is 11.7 Å². The predicted molar refractivity (Wildman–Crippen MR) is 168 cm³/mol. The molecule has 6 rings (SSSR count). The Bertz CT molecular complexity index is 1650. The lowest BCUT2D eigenvalue weighted by Gasteiger charge is -2.41. The first-order valence-corrected chi connectivity index (χ1v) is 16.0. The quantitative estimate of drug-likeness (QED) is 0.273. The molecule has 1 unspecified atom stereocenters. The van der Waals surface area contributed by atoms with Crippen molar-refractivity contribution in [3.63, 3.8) is 0 Å². The van der Waals surface area contributed by atoms with Gasteiger partial charge in [0.2, 0.25) is 0 Å². The molecule has 300 valence electrons. The molecule has 2 saturated heterocycles. The number of halogens is 10. The average molecular weight is 792 g/mol. The number of alkyl halides is 9. The standard InChI is InChI=1S/C26H32FN5O.3C2HF3O2/c27-22-5-2-1-4-21(22)17-29-10-11-31(16-20-8-9-20)24(19-29)23-18-32-25(28-23)6-3-7-26(32)30-12-14-33-15-13-30;3*3-2(4,5)1(6)7/h1-7,18,20,24H,8-17,19H2;3*(H,6,7). The molecule has 1 aromatic carbocycles. The summed E-state index contributed by atoms with van der Waals surface area (Å²) in [6.45, 7) is 7.96. The maximum atomic E-state index is 14.3. The monoisotopic (exact) mass is 791 g/mol. The minimum absolute atomic E-state index is 0.114. The summed E-state index contributed by atoms with van der Waals surface area (Å²) in [7, 11) is 0. The molecule has 54 heavy (non-hydrogen) atoms. The fraction of sp³-hybridized carbons (Fsp3) is 0.500. The van der Waals surface area contributed by atoms with E-state index < -0.39 is 36.4 Å². The Morgan fingerprint density at radius 3 is 1.80 bits per heavy atom. The molecule has 3 N–H and O–H groups in total. The Labute approximate surface area is 300 Å². The topological polar surface area (TPSA) is 148 Å². The number of carboxylic acid groups (broad SMARTS) is 3. The number of nitrogens with zero attached hydrogens (tertiary/aromatic N) is 5. The Hall–Kier alpha value is -4.70. The number of ether oxygens (including phenoxy) is 1. The lowest BCUT2D eigenvalue weighted by atomic mass is 10.1. The van der Waals surface area contributed by atoms with Crippen LogP contribution in [0.25, 0.3) is 5.65 Å². The Morgan fingerprint density at radius 2 is 1.30 bits per heavy atom. The van der Waals surface area contributed by atoms with Gasteiger partial charge in [0.25, 0.3) is 0 Å². The second-order valence-electron chi connectivity index (χ2n) is 12.1. The van der Waals surface area contributed by atoms with E-state index in [1.165, 1.54) is 18.7 Å². The van der Waals surface area contributed by atoms with Gasteiger partial charge >= 0.3 is 36.4 Å². The number of pyridine rings is 1. The minimum Gasteiger partial charge on any atom is -0.475 e. The van der Waals surface area contributed by atoms with E-state index in [4.69, 9.17) is 39.4 Å². The van der Waals surface area contributed by atoms with Crippen molar-refractivity contribution in [3.05, 3.63) is 65.7 Å². The number of morpholine rings is 1. The number of imidazole rings is 1. The molecule has 0 spiro atoms. The van der Waals surface area contributed by atoms with Crippen LogP contribution in [0.3, 0.4) is 0 Å². The van der Waals surface area contributed by atoms with Crippen molar-refractivity contribution in [2.45, 2.75) is 44.0 Å². The number of carbonyl (C=O) groups is 3. The van der Waals surface area contributed by atoms with E-state index in [-0.39, 0.29) is 11.9 Å². The second kappa shape index (κ2) is 18.6. The van der Waals surface area contributed by atoms with Gasteiger partial charge in [-0.15, -0.1) is 0 Å². The zero-order valence-corrected chi connectivity index (χ0v) is 28.0. The van der Waals surface area contributed by atoms with Gasteiger partial charge in [-0.1, -0.05) is 24.3 Å². The minimum atomic E-state index is -5.08. The molecular formula is C32H35F10N5O7. The van der Waals surface area contributed by atoms with Crippen LogP contribution < -0.4 is 4.90 Å². The van der Waals surface area contributed by atoms with Crippen molar-refractivity contribution in [3.8, 4) is 0 Å². The molecular weight excluding hydrogens is 756 g/mol. The number of hydrogen-bond donors (Lipinski definition) is 3. The summed E-state index contributed by atoms with van der Waals surface area (Å²) in [6, 6.07) is 13.8. The molecule has 12 nitrogen and oxygen atoms in total. The van der Waals surface area contributed by atoms with Crippen molar-refractivity contribution < 1.29 is 78.3 Å². The maximum absolute atomic E-state index is 14.3. The van der Waals surface area contributed by atoms with Crippen LogP contribution in [-0.2, 0) is 25.7 Å². The number of aliphatic carboxylic acids is 3. The summed E-state index contributed by atoms with van der Waals surface area (Å²) in [6.07, 6.45) is -10.3. The maximum Gasteiger partial charge on any atom is 0.490 e. The van der Waals surface area contributed by atoms with E-state index in [9.17, 15) is 43.9 Å². The fourth-order valence-corrected chi connectivity index (χ4v) is 5.25. The first kappa shape index (κ1) is 43.7. The smallest absolute Gasteiger partial charge is 0.475 e. The van der Waals surface area contributed by atoms with Gasteiger partial charge in [-0.25, -0.2) is 23.8 Å². The number of benzene rings is 1. The molecule has 2 aromatic heterocycles. The molecule has 3 aromatic rings. The molecule has 3 aliphatic rings. The van der Waals surface area contributed by atoms with Gasteiger partial charge in [-0.2, -0.15) is 39.5 Å². The summed E-state index contributed by atoms with van der Waals surface area (Å²) in [5.41, 5.74) is 2.89. The number of aromatic nitrogens is 2. The fourth-order valence-electron chi connectivity index (χ4n) is 5.25. The molecule has 1 atom stereocenters. The molecule has 3 fully saturated rings. The number of fused-ring (bicyclic) bond motifs is 1. The highest BCUT2D eigenvalue weighted by molar-refractivity contribution is 5.73. The zero-order chi connectivity index (χ0) is 40.4. The van der Waals surface area contributed by atoms with E-state index in [1.54, 1.807) is 12.1 Å². The predicted octanol–water partition coefficient (Wildman–Crippen LogP) is 5.48. The Kier molecular flexibility index (Phi) is 15.0. The van der Waals surface area contributed by atoms with Gasteiger partial charge in [0.15, 0.2) is 0 Å². The van der Waals surface area contributed by atoms with Crippen LogP contribution in [0.1, 0.15) is 30.1 Å². The number of carboxylic acids is 3. The summed E-state index contributed by atoms with van der Waals surface area (Å²) < 4.78 is 117. The summed E-state index contributed by atoms with van der Waals surface area (Å²) in [4.78, 5) is 39.2. The van der Waals surface area contributed by atoms with Crippen LogP contribution in [0.4, 0.5) is 49.7 Å². The second-order valence-corrected chi connectivity index (χ2v) is 12.1. The van der Waals surface area contributed by atoms with Crippen molar-refractivity contribution in [1.82, 2.24) is 19.2 Å². The van der Waals surface area contributed by atoms with Gasteiger partial charge in [0, 0.05) is 57.6 Å². The largest absolute Gasteiger partial charge is 0.490 e. The van der Waals surface area contributed by atoms with Crippen LogP contribution in [-0.4, -0.2) is 123 Å². The lowest BCUT2D eigenvalue weighted by molar-refractivity contribution is -0.193. The van der Waals surface area contributed by atoms with Crippen molar-refractivity contribution >= 4 is 29.4 Å². The summed E-state index contributed by atoms with van der Waals surface area (Å²) in [5, 5.41) is 21.4. The van der Waals surface area contributed by atoms with Crippen LogP contribution >= 0.6 is 0 Å². The van der Waals surface area contributed by atoms with Gasteiger partial charge in [-0.3, -0.25) is 14.2 Å². The molecule has 2 aliphatic heterocycles. The van der Waals surface area contributed by atoms with Crippen molar-refractivity contribution in [2.24, 2.45) is 5.92 Å². The Balaban J connectivity index is 0.000000307. The van der Waals surface area contributed by atoms with E-state index >= 15 is 0 Å². The number of rotatable bonds is 6. The number of piperazine rings is 1. The van der Waals surface area contributed by atoms with E-state index in [2.05, 4.69) is 43.5 Å². The van der Waals surface area contributed by atoms with Gasteiger partial charge in [-0.05, 0) is 37.0 Å². The third-order valence-electron chi connectivity index (χ3n) is 8.01. The van der Waals surface area contributed by atoms with Crippen molar-refractivity contribution in [2.75, 3.05) is 57.4 Å². The molecule has 4 heterocycles. The average Bonchev–Trinajstić information content (AvgIpc) is 3.80. The van der Waals surface area contributed by atoms with E-state index in [0.29, 0.717) is 6.54 Å². The van der Waals surface area contributed by atoms with Gasteiger partial charge in [0.1, 0.15) is 17.3 Å². The Morgan fingerprint density at radius 1 is 0.759 bits per heavy atom. The van der Waals surface area contributed by atoms with Crippen molar-refractivity contribution in [1.29, 1.82) is 0 Å². The molecule has 1 aliphatic carbocycles. The molecule has 0 bridgehead atoms. The third-order valence-corrected chi connectivity index (χ3v) is 8.01. The van der Waals surface area contributed by atoms with Crippen LogP contribution in [0.2, 0.25) is 0 Å². The highest BCUT2D eigenvalue weighted by atomic mass is 19.4. The zero-order valence-electron chi connectivity index (χ0n) is 28.0. The highest BCUT2D eigenvalue weighted by Crippen LogP contribution is 2.35. The van der Waals surface area contributed by atoms with Gasteiger partial charge < -0.3 is 25.0 Å². The SMILES string of the molecule is Fc1ccccc1CN1CCN(CC2CC2)C(c2cn3c(N4CCOCC4)cccc3n2)C1.O=C(O)C(F)(F)F.O=C(O)C(F)(F)F.O=C(O)C(F)(F)F. The number of hydrogen-bond acceptors (Lipinski definition) is 8. The van der Waals surface area contributed by atoms with Crippen LogP contribution in [0.5, 0.6) is 0 Å². The molecule has 1 saturated carbocycles. The van der Waals surface area contributed by atoms with E-state index in [1.807, 2.05) is 12.1 Å². The first-order valence-electron chi connectivity index (χ1n) is 16.0. The molecule has 0 radical (unpaired) electrons. The lowest BCUT2D eigenvalue weighted by Crippen LogP contribution is -2.48. The molecule has 0 amide bonds. The normalized spacial score (nSPS) is 18.3. The molecule has 22 heteroatoms.